The first kappa shape index (κ1) is 21.9. The van der Waals surface area contributed by atoms with Gasteiger partial charge in [-0.05, 0) is 54.6 Å². The van der Waals surface area contributed by atoms with Crippen molar-refractivity contribution in [2.45, 2.75) is 26.8 Å². The van der Waals surface area contributed by atoms with Crippen molar-refractivity contribution in [2.75, 3.05) is 7.11 Å². The van der Waals surface area contributed by atoms with Crippen LogP contribution in [0.3, 0.4) is 0 Å². The van der Waals surface area contributed by atoms with Gasteiger partial charge in [-0.1, -0.05) is 23.5 Å². The minimum Gasteiger partial charge on any atom is -0.466 e. The molecule has 1 aliphatic rings. The number of methoxy groups -OCH3 is 1. The van der Waals surface area contributed by atoms with Crippen molar-refractivity contribution < 1.29 is 19.1 Å². The molecule has 3 heterocycles. The number of carbonyl (C=O) groups excluding carboxylic acids is 2. The van der Waals surface area contributed by atoms with Gasteiger partial charge in [-0.25, -0.2) is 9.79 Å². The van der Waals surface area contributed by atoms with E-state index in [2.05, 4.69) is 4.99 Å². The van der Waals surface area contributed by atoms with Crippen molar-refractivity contribution in [3.05, 3.63) is 82.7 Å². The number of carbonyl (C=O) groups is 2. The van der Waals surface area contributed by atoms with E-state index in [-0.39, 0.29) is 5.56 Å². The number of benzene rings is 1. The normalized spacial score (nSPS) is 15.9. The maximum absolute atomic E-state index is 13.5. The highest BCUT2D eigenvalue weighted by Gasteiger charge is 2.33. The number of fused-ring (bicyclic) bond motifs is 1. The molecule has 0 amide bonds. The maximum Gasteiger partial charge on any atom is 0.338 e. The summed E-state index contributed by atoms with van der Waals surface area (Å²) in [7, 11) is 1.30. The Bertz CT molecular complexity index is 1420. The highest BCUT2D eigenvalue weighted by Crippen LogP contribution is 2.31. The Hall–Kier alpha value is -3.30. The highest BCUT2D eigenvalue weighted by atomic mass is 32.1. The molecule has 164 valence electrons. The summed E-state index contributed by atoms with van der Waals surface area (Å²) in [6, 6.07) is 8.01. The first-order valence-electron chi connectivity index (χ1n) is 9.73. The van der Waals surface area contributed by atoms with E-state index in [1.165, 1.54) is 29.9 Å². The van der Waals surface area contributed by atoms with Crippen molar-refractivity contribution >= 4 is 40.7 Å². The van der Waals surface area contributed by atoms with Crippen LogP contribution >= 0.6 is 22.7 Å². The van der Waals surface area contributed by atoms with Gasteiger partial charge in [0.15, 0.2) is 4.80 Å². The van der Waals surface area contributed by atoms with Gasteiger partial charge in [0.05, 0.1) is 29.0 Å². The number of aryl methyl sites for hydroxylation is 1. The molecule has 9 heteroatoms. The minimum absolute atomic E-state index is 0.232. The third-order valence-corrected chi connectivity index (χ3v) is 7.00. The number of aromatic nitrogens is 1. The SMILES string of the molecule is COC(=O)C1=C(C)N=c2sc(=Cc3sccc3C)c(=O)n2C1c1ccc(OC(C)=O)cc1. The number of allylic oxidation sites excluding steroid dienone is 1. The Morgan fingerprint density at radius 3 is 2.47 bits per heavy atom. The lowest BCUT2D eigenvalue weighted by atomic mass is 9.96. The lowest BCUT2D eigenvalue weighted by Crippen LogP contribution is -2.39. The summed E-state index contributed by atoms with van der Waals surface area (Å²) in [5.41, 5.74) is 2.31. The molecule has 0 radical (unpaired) electrons. The van der Waals surface area contributed by atoms with Crippen molar-refractivity contribution in [3.8, 4) is 5.75 Å². The maximum atomic E-state index is 13.5. The lowest BCUT2D eigenvalue weighted by Gasteiger charge is -2.24. The Kier molecular flexibility index (Phi) is 5.94. The lowest BCUT2D eigenvalue weighted by molar-refractivity contribution is -0.136. The van der Waals surface area contributed by atoms with Crippen LogP contribution in [0.1, 0.15) is 35.9 Å². The van der Waals surface area contributed by atoms with Gasteiger partial charge in [0.2, 0.25) is 0 Å². The van der Waals surface area contributed by atoms with Crippen LogP contribution in [0.2, 0.25) is 0 Å². The number of rotatable bonds is 4. The molecule has 1 aliphatic heterocycles. The molecule has 2 aromatic heterocycles. The van der Waals surface area contributed by atoms with Crippen LogP contribution in [-0.2, 0) is 14.3 Å². The van der Waals surface area contributed by atoms with Crippen LogP contribution in [-0.4, -0.2) is 23.6 Å². The average Bonchev–Trinajstić information content (AvgIpc) is 3.29. The van der Waals surface area contributed by atoms with E-state index in [9.17, 15) is 14.4 Å². The molecule has 4 rings (SSSR count). The van der Waals surface area contributed by atoms with Gasteiger partial charge in [-0.15, -0.1) is 11.3 Å². The van der Waals surface area contributed by atoms with Gasteiger partial charge < -0.3 is 9.47 Å². The third-order valence-electron chi connectivity index (χ3n) is 5.05. The van der Waals surface area contributed by atoms with E-state index in [1.807, 2.05) is 24.4 Å². The molecule has 1 aromatic carbocycles. The number of thiophene rings is 1. The molecule has 0 fully saturated rings. The van der Waals surface area contributed by atoms with Gasteiger partial charge in [0, 0.05) is 11.8 Å². The second-order valence-electron chi connectivity index (χ2n) is 7.20. The van der Waals surface area contributed by atoms with E-state index >= 15 is 0 Å². The van der Waals surface area contributed by atoms with Crippen LogP contribution < -0.4 is 19.6 Å². The summed E-state index contributed by atoms with van der Waals surface area (Å²) in [4.78, 5) is 43.4. The fraction of sp³-hybridized carbons (Fsp3) is 0.217. The quantitative estimate of drug-likeness (QED) is 0.434. The molecule has 1 atom stereocenters. The van der Waals surface area contributed by atoms with Crippen molar-refractivity contribution in [3.63, 3.8) is 0 Å². The first-order chi connectivity index (χ1) is 15.3. The molecular formula is C23H20N2O5S2. The Morgan fingerprint density at radius 2 is 1.88 bits per heavy atom. The highest BCUT2D eigenvalue weighted by molar-refractivity contribution is 7.11. The van der Waals surface area contributed by atoms with Gasteiger partial charge in [0.25, 0.3) is 5.56 Å². The van der Waals surface area contributed by atoms with Gasteiger partial charge >= 0.3 is 11.9 Å². The monoisotopic (exact) mass is 468 g/mol. The van der Waals surface area contributed by atoms with E-state index in [1.54, 1.807) is 42.5 Å². The molecule has 3 aromatic rings. The molecular weight excluding hydrogens is 448 g/mol. The largest absolute Gasteiger partial charge is 0.466 e. The Labute approximate surface area is 191 Å². The third kappa shape index (κ3) is 3.96. The predicted molar refractivity (Wildman–Crippen MR) is 123 cm³/mol. The van der Waals surface area contributed by atoms with Crippen LogP contribution in [0.4, 0.5) is 0 Å². The molecule has 0 bridgehead atoms. The second-order valence-corrected chi connectivity index (χ2v) is 9.16. The summed E-state index contributed by atoms with van der Waals surface area (Å²) < 4.78 is 12.2. The summed E-state index contributed by atoms with van der Waals surface area (Å²) >= 11 is 2.84. The van der Waals surface area contributed by atoms with Crippen molar-refractivity contribution in [2.24, 2.45) is 4.99 Å². The number of esters is 2. The minimum atomic E-state index is -0.711. The van der Waals surface area contributed by atoms with Crippen LogP contribution in [0.15, 0.2) is 56.8 Å². The number of thiazole rings is 1. The van der Waals surface area contributed by atoms with Gasteiger partial charge in [-0.2, -0.15) is 0 Å². The molecule has 0 saturated heterocycles. The predicted octanol–water partition coefficient (Wildman–Crippen LogP) is 2.70. The smallest absolute Gasteiger partial charge is 0.338 e. The zero-order valence-corrected chi connectivity index (χ0v) is 19.5. The molecule has 0 N–H and O–H groups in total. The molecule has 0 spiro atoms. The van der Waals surface area contributed by atoms with Crippen LogP contribution in [0, 0.1) is 6.92 Å². The van der Waals surface area contributed by atoms with Crippen molar-refractivity contribution in [1.29, 1.82) is 0 Å². The van der Waals surface area contributed by atoms with E-state index < -0.39 is 18.0 Å². The number of hydrogen-bond acceptors (Lipinski definition) is 8. The molecule has 32 heavy (non-hydrogen) atoms. The second kappa shape index (κ2) is 8.68. The average molecular weight is 469 g/mol. The first-order valence-corrected chi connectivity index (χ1v) is 11.4. The van der Waals surface area contributed by atoms with Crippen LogP contribution in [0.25, 0.3) is 6.08 Å². The molecule has 0 saturated carbocycles. The summed E-state index contributed by atoms with van der Waals surface area (Å²) in [5, 5.41) is 1.98. The van der Waals surface area contributed by atoms with Gasteiger partial charge in [-0.3, -0.25) is 14.2 Å². The van der Waals surface area contributed by atoms with E-state index in [4.69, 9.17) is 9.47 Å². The molecule has 0 aliphatic carbocycles. The van der Waals surface area contributed by atoms with Crippen molar-refractivity contribution in [1.82, 2.24) is 4.57 Å². The Morgan fingerprint density at radius 1 is 1.16 bits per heavy atom. The zero-order valence-electron chi connectivity index (χ0n) is 17.9. The number of hydrogen-bond donors (Lipinski definition) is 0. The van der Waals surface area contributed by atoms with Crippen LogP contribution in [0.5, 0.6) is 5.75 Å². The fourth-order valence-electron chi connectivity index (χ4n) is 3.54. The fourth-order valence-corrected chi connectivity index (χ4v) is 5.51. The standard InChI is InChI=1S/C23H20N2O5S2/c1-12-9-10-31-17(12)11-18-21(27)25-20(15-5-7-16(8-6-15)30-14(3)26)19(22(28)29-4)13(2)24-23(25)32-18/h5-11,20H,1-4H3. The summed E-state index contributed by atoms with van der Waals surface area (Å²) in [6.07, 6.45) is 1.86. The number of ether oxygens (including phenoxy) is 2. The molecule has 1 unspecified atom stereocenters. The number of nitrogens with zero attached hydrogens (tertiary/aromatic N) is 2. The topological polar surface area (TPSA) is 87.0 Å². The molecule has 7 nitrogen and oxygen atoms in total. The summed E-state index contributed by atoms with van der Waals surface area (Å²) in [6.45, 7) is 5.04. The van der Waals surface area contributed by atoms with E-state index in [0.717, 1.165) is 10.4 Å². The van der Waals surface area contributed by atoms with Gasteiger partial charge in [0.1, 0.15) is 5.75 Å². The summed E-state index contributed by atoms with van der Waals surface area (Å²) in [5.74, 6) is -0.605. The van der Waals surface area contributed by atoms with E-state index in [0.29, 0.717) is 31.9 Å². The Balaban J connectivity index is 1.92. The zero-order chi connectivity index (χ0) is 23.0.